The summed E-state index contributed by atoms with van der Waals surface area (Å²) in [7, 11) is 1.85. The molecule has 0 aliphatic carbocycles. The van der Waals surface area contributed by atoms with Crippen LogP contribution in [0.5, 0.6) is 5.75 Å². The lowest BCUT2D eigenvalue weighted by atomic mass is 10.2. The molecule has 1 aromatic carbocycles. The van der Waals surface area contributed by atoms with E-state index in [0.29, 0.717) is 5.92 Å². The van der Waals surface area contributed by atoms with Crippen molar-refractivity contribution in [2.45, 2.75) is 20.8 Å². The predicted molar refractivity (Wildman–Crippen MR) is 64.2 cm³/mol. The Kier molecular flexibility index (Phi) is 4.43. The Labute approximate surface area is 91.8 Å². The summed E-state index contributed by atoms with van der Waals surface area (Å²) in [6.07, 6.45) is 0. The fraction of sp³-hybridized carbons (Fsp3) is 0.500. The molecule has 84 valence electrons. The van der Waals surface area contributed by atoms with E-state index in [9.17, 15) is 0 Å². The molecule has 0 saturated carbocycles. The molecule has 0 aliphatic heterocycles. The summed E-state index contributed by atoms with van der Waals surface area (Å²) < 4.78 is 5.73. The highest BCUT2D eigenvalue weighted by Gasteiger charge is 2.06. The molecule has 0 spiro atoms. The Bertz CT molecular complexity index is 310. The molecule has 0 unspecified atom stereocenters. The third-order valence-corrected chi connectivity index (χ3v) is 2.06. The van der Waals surface area contributed by atoms with Crippen LogP contribution in [0.25, 0.3) is 0 Å². The molecule has 0 aromatic heterocycles. The third-order valence-electron chi connectivity index (χ3n) is 2.06. The summed E-state index contributed by atoms with van der Waals surface area (Å²) >= 11 is 0. The first-order valence-corrected chi connectivity index (χ1v) is 5.30. The van der Waals surface area contributed by atoms with Gasteiger partial charge in [-0.2, -0.15) is 0 Å². The van der Waals surface area contributed by atoms with E-state index in [2.05, 4.69) is 37.7 Å². The van der Waals surface area contributed by atoms with Crippen molar-refractivity contribution < 1.29 is 4.74 Å². The smallest absolute Gasteiger partial charge is 0.143 e. The SMILES string of the molecule is CNNc1c(C)cccc1OCC(C)C. The molecule has 0 amide bonds. The molecule has 0 radical (unpaired) electrons. The van der Waals surface area contributed by atoms with Crippen LogP contribution < -0.4 is 15.6 Å². The van der Waals surface area contributed by atoms with Crippen molar-refractivity contribution in [1.82, 2.24) is 5.43 Å². The number of hydrazine groups is 1. The number of hydrogen-bond donors (Lipinski definition) is 2. The maximum absolute atomic E-state index is 5.73. The number of ether oxygens (including phenoxy) is 1. The lowest BCUT2D eigenvalue weighted by molar-refractivity contribution is 0.272. The Morgan fingerprint density at radius 2 is 2.07 bits per heavy atom. The number of anilines is 1. The maximum Gasteiger partial charge on any atom is 0.143 e. The number of nitrogens with one attached hydrogen (secondary N) is 2. The highest BCUT2D eigenvalue weighted by molar-refractivity contribution is 5.60. The molecular weight excluding hydrogens is 188 g/mol. The molecule has 0 atom stereocenters. The first kappa shape index (κ1) is 11.9. The summed E-state index contributed by atoms with van der Waals surface area (Å²) in [4.78, 5) is 0. The first-order valence-electron chi connectivity index (χ1n) is 5.30. The number of hydrogen-bond acceptors (Lipinski definition) is 3. The minimum Gasteiger partial charge on any atom is -0.491 e. The number of para-hydroxylation sites is 1. The fourth-order valence-electron chi connectivity index (χ4n) is 1.30. The zero-order valence-electron chi connectivity index (χ0n) is 9.92. The fourth-order valence-corrected chi connectivity index (χ4v) is 1.30. The lowest BCUT2D eigenvalue weighted by Gasteiger charge is -2.15. The normalized spacial score (nSPS) is 10.5. The van der Waals surface area contributed by atoms with E-state index in [-0.39, 0.29) is 0 Å². The van der Waals surface area contributed by atoms with Gasteiger partial charge in [0.2, 0.25) is 0 Å². The van der Waals surface area contributed by atoms with Gasteiger partial charge in [0.1, 0.15) is 5.75 Å². The second-order valence-corrected chi connectivity index (χ2v) is 4.03. The van der Waals surface area contributed by atoms with Gasteiger partial charge < -0.3 is 10.2 Å². The summed E-state index contributed by atoms with van der Waals surface area (Å²) in [6, 6.07) is 6.04. The monoisotopic (exact) mass is 208 g/mol. The topological polar surface area (TPSA) is 33.3 Å². The molecule has 0 fully saturated rings. The van der Waals surface area contributed by atoms with Crippen LogP contribution in [0.3, 0.4) is 0 Å². The van der Waals surface area contributed by atoms with Crippen LogP contribution >= 0.6 is 0 Å². The second kappa shape index (κ2) is 5.61. The number of benzene rings is 1. The summed E-state index contributed by atoms with van der Waals surface area (Å²) in [5.74, 6) is 1.44. The van der Waals surface area contributed by atoms with Gasteiger partial charge in [0.05, 0.1) is 12.3 Å². The van der Waals surface area contributed by atoms with Gasteiger partial charge in [-0.25, -0.2) is 5.43 Å². The largest absolute Gasteiger partial charge is 0.491 e. The average Bonchev–Trinajstić information content (AvgIpc) is 2.19. The van der Waals surface area contributed by atoms with E-state index < -0.39 is 0 Å². The molecule has 0 bridgehead atoms. The minimum atomic E-state index is 0.535. The van der Waals surface area contributed by atoms with Crippen LogP contribution in [0.1, 0.15) is 19.4 Å². The summed E-state index contributed by atoms with van der Waals surface area (Å²) in [6.45, 7) is 7.08. The van der Waals surface area contributed by atoms with Gasteiger partial charge in [0.15, 0.2) is 0 Å². The van der Waals surface area contributed by atoms with Gasteiger partial charge in [-0.15, -0.1) is 0 Å². The molecular formula is C12H20N2O. The lowest BCUT2D eigenvalue weighted by Crippen LogP contribution is -2.17. The van der Waals surface area contributed by atoms with Crippen molar-refractivity contribution in [1.29, 1.82) is 0 Å². The zero-order chi connectivity index (χ0) is 11.3. The standard InChI is InChI=1S/C12H20N2O/c1-9(2)8-15-11-7-5-6-10(3)12(11)14-13-4/h5-7,9,13-14H,8H2,1-4H3. The minimum absolute atomic E-state index is 0.535. The van der Waals surface area contributed by atoms with Gasteiger partial charge in [0, 0.05) is 7.05 Å². The van der Waals surface area contributed by atoms with Crippen molar-refractivity contribution >= 4 is 5.69 Å². The Morgan fingerprint density at radius 3 is 2.67 bits per heavy atom. The molecule has 0 aliphatic rings. The van der Waals surface area contributed by atoms with E-state index >= 15 is 0 Å². The summed E-state index contributed by atoms with van der Waals surface area (Å²) in [5.41, 5.74) is 8.20. The van der Waals surface area contributed by atoms with Crippen molar-refractivity contribution in [2.24, 2.45) is 5.92 Å². The average molecular weight is 208 g/mol. The highest BCUT2D eigenvalue weighted by atomic mass is 16.5. The van der Waals surface area contributed by atoms with E-state index in [1.165, 1.54) is 5.56 Å². The van der Waals surface area contributed by atoms with Crippen molar-refractivity contribution in [3.63, 3.8) is 0 Å². The predicted octanol–water partition coefficient (Wildman–Crippen LogP) is 2.58. The van der Waals surface area contributed by atoms with Crippen LogP contribution in [0, 0.1) is 12.8 Å². The van der Waals surface area contributed by atoms with Crippen LogP contribution in [-0.2, 0) is 0 Å². The molecule has 2 N–H and O–H groups in total. The van der Waals surface area contributed by atoms with Gasteiger partial charge in [-0.05, 0) is 24.5 Å². The quantitative estimate of drug-likeness (QED) is 0.730. The number of aryl methyl sites for hydroxylation is 1. The maximum atomic E-state index is 5.73. The van der Waals surface area contributed by atoms with E-state index in [4.69, 9.17) is 4.74 Å². The molecule has 0 saturated heterocycles. The molecule has 1 rings (SSSR count). The third kappa shape index (κ3) is 3.44. The van der Waals surface area contributed by atoms with Gasteiger partial charge in [0.25, 0.3) is 0 Å². The van der Waals surface area contributed by atoms with E-state index in [0.717, 1.165) is 18.0 Å². The van der Waals surface area contributed by atoms with Crippen LogP contribution in [0.15, 0.2) is 18.2 Å². The van der Waals surface area contributed by atoms with Crippen molar-refractivity contribution in [3.8, 4) is 5.75 Å². The Morgan fingerprint density at radius 1 is 1.33 bits per heavy atom. The molecule has 1 aromatic rings. The Hall–Kier alpha value is -1.22. The van der Waals surface area contributed by atoms with Gasteiger partial charge in [-0.1, -0.05) is 26.0 Å². The van der Waals surface area contributed by atoms with Gasteiger partial charge >= 0.3 is 0 Å². The molecule has 3 nitrogen and oxygen atoms in total. The summed E-state index contributed by atoms with van der Waals surface area (Å²) in [5, 5.41) is 0. The van der Waals surface area contributed by atoms with Crippen molar-refractivity contribution in [2.75, 3.05) is 19.1 Å². The second-order valence-electron chi connectivity index (χ2n) is 4.03. The van der Waals surface area contributed by atoms with Crippen LogP contribution in [-0.4, -0.2) is 13.7 Å². The van der Waals surface area contributed by atoms with E-state index in [1.54, 1.807) is 0 Å². The van der Waals surface area contributed by atoms with Crippen molar-refractivity contribution in [3.05, 3.63) is 23.8 Å². The molecule has 15 heavy (non-hydrogen) atoms. The van der Waals surface area contributed by atoms with E-state index in [1.807, 2.05) is 19.2 Å². The van der Waals surface area contributed by atoms with Crippen LogP contribution in [0.4, 0.5) is 5.69 Å². The zero-order valence-corrected chi connectivity index (χ0v) is 9.92. The van der Waals surface area contributed by atoms with Gasteiger partial charge in [-0.3, -0.25) is 0 Å². The number of rotatable bonds is 5. The van der Waals surface area contributed by atoms with Crippen LogP contribution in [0.2, 0.25) is 0 Å². The molecule has 0 heterocycles. The molecule has 3 heteroatoms. The Balaban J connectivity index is 2.80. The first-order chi connectivity index (χ1) is 7.15. The highest BCUT2D eigenvalue weighted by Crippen LogP contribution is 2.27.